The Kier molecular flexibility index (Phi) is 6.27. The third-order valence-corrected chi connectivity index (χ3v) is 5.36. The second kappa shape index (κ2) is 9.43. The summed E-state index contributed by atoms with van der Waals surface area (Å²) in [4.78, 5) is 15.3. The minimum atomic E-state index is 0.0328. The SMILES string of the molecule is Cc1cc(C)n(Cc2ccc(C(=O)N(Cc3ccccc3)Cc3ccccc3)cc2)n1. The van der Waals surface area contributed by atoms with Crippen LogP contribution in [0.15, 0.2) is 91.0 Å². The molecule has 4 nitrogen and oxygen atoms in total. The topological polar surface area (TPSA) is 38.1 Å². The lowest BCUT2D eigenvalue weighted by Gasteiger charge is -2.23. The van der Waals surface area contributed by atoms with Crippen LogP contribution in [0.1, 0.15) is 38.4 Å². The lowest BCUT2D eigenvalue weighted by atomic mass is 10.1. The Labute approximate surface area is 183 Å². The van der Waals surface area contributed by atoms with Crippen molar-refractivity contribution in [2.75, 3.05) is 0 Å². The zero-order valence-corrected chi connectivity index (χ0v) is 18.0. The number of amides is 1. The summed E-state index contributed by atoms with van der Waals surface area (Å²) in [6, 6.07) is 30.2. The molecule has 0 aliphatic rings. The summed E-state index contributed by atoms with van der Waals surface area (Å²) in [5.74, 6) is 0.0328. The summed E-state index contributed by atoms with van der Waals surface area (Å²) in [5, 5.41) is 4.53. The highest BCUT2D eigenvalue weighted by Crippen LogP contribution is 2.16. The second-order valence-corrected chi connectivity index (χ2v) is 7.91. The van der Waals surface area contributed by atoms with Gasteiger partial charge in [-0.2, -0.15) is 5.10 Å². The fraction of sp³-hybridized carbons (Fsp3) is 0.185. The number of benzene rings is 3. The van der Waals surface area contributed by atoms with Gasteiger partial charge in [0.05, 0.1) is 12.2 Å². The standard InChI is InChI=1S/C27H27N3O/c1-21-17-22(2)30(28-21)20-25-13-15-26(16-14-25)27(31)29(18-23-9-5-3-6-10-23)19-24-11-7-4-8-12-24/h3-17H,18-20H2,1-2H3. The van der Waals surface area contributed by atoms with Crippen LogP contribution in [0, 0.1) is 13.8 Å². The fourth-order valence-corrected chi connectivity index (χ4v) is 3.75. The van der Waals surface area contributed by atoms with E-state index in [0.29, 0.717) is 25.2 Å². The number of carbonyl (C=O) groups is 1. The third kappa shape index (κ3) is 5.28. The van der Waals surface area contributed by atoms with E-state index in [4.69, 9.17) is 0 Å². The molecule has 4 rings (SSSR count). The molecular formula is C27H27N3O. The summed E-state index contributed by atoms with van der Waals surface area (Å²) in [5.41, 5.74) is 6.21. The molecule has 0 N–H and O–H groups in total. The van der Waals surface area contributed by atoms with Gasteiger partial charge in [0, 0.05) is 24.3 Å². The Bertz CT molecular complexity index is 1090. The van der Waals surface area contributed by atoms with Crippen LogP contribution >= 0.6 is 0 Å². The average molecular weight is 410 g/mol. The molecular weight excluding hydrogens is 382 g/mol. The molecule has 3 aromatic carbocycles. The molecule has 1 amide bonds. The van der Waals surface area contributed by atoms with Gasteiger partial charge in [-0.05, 0) is 48.7 Å². The molecule has 156 valence electrons. The molecule has 0 aliphatic carbocycles. The van der Waals surface area contributed by atoms with Crippen molar-refractivity contribution in [2.24, 2.45) is 0 Å². The molecule has 0 saturated heterocycles. The Morgan fingerprint density at radius 3 is 1.81 bits per heavy atom. The molecule has 0 fully saturated rings. The first-order valence-corrected chi connectivity index (χ1v) is 10.6. The predicted octanol–water partition coefficient (Wildman–Crippen LogP) is 5.39. The summed E-state index contributed by atoms with van der Waals surface area (Å²) in [6.07, 6.45) is 0. The molecule has 0 aliphatic heterocycles. The highest BCUT2D eigenvalue weighted by Gasteiger charge is 2.17. The monoisotopic (exact) mass is 409 g/mol. The van der Waals surface area contributed by atoms with Crippen molar-refractivity contribution < 1.29 is 4.79 Å². The molecule has 0 atom stereocenters. The summed E-state index contributed by atoms with van der Waals surface area (Å²) >= 11 is 0. The number of rotatable bonds is 7. The molecule has 0 saturated carbocycles. The van der Waals surface area contributed by atoms with Gasteiger partial charge in [0.15, 0.2) is 0 Å². The van der Waals surface area contributed by atoms with Crippen LogP contribution in [-0.4, -0.2) is 20.6 Å². The van der Waals surface area contributed by atoms with E-state index in [1.54, 1.807) is 0 Å². The first-order chi connectivity index (χ1) is 15.1. The molecule has 1 aromatic heterocycles. The molecule has 0 spiro atoms. The quantitative estimate of drug-likeness (QED) is 0.410. The van der Waals surface area contributed by atoms with E-state index in [9.17, 15) is 4.79 Å². The van der Waals surface area contributed by atoms with E-state index in [1.165, 1.54) is 0 Å². The first kappa shape index (κ1) is 20.6. The minimum Gasteiger partial charge on any atom is -0.330 e. The highest BCUT2D eigenvalue weighted by atomic mass is 16.2. The number of carbonyl (C=O) groups excluding carboxylic acids is 1. The Morgan fingerprint density at radius 2 is 1.32 bits per heavy atom. The van der Waals surface area contributed by atoms with E-state index in [0.717, 1.165) is 28.1 Å². The first-order valence-electron chi connectivity index (χ1n) is 10.6. The highest BCUT2D eigenvalue weighted by molar-refractivity contribution is 5.94. The molecule has 0 bridgehead atoms. The molecule has 4 heteroatoms. The van der Waals surface area contributed by atoms with Crippen LogP contribution in [0.3, 0.4) is 0 Å². The summed E-state index contributed by atoms with van der Waals surface area (Å²) < 4.78 is 1.99. The average Bonchev–Trinajstić information content (AvgIpc) is 3.11. The fourth-order valence-electron chi connectivity index (χ4n) is 3.75. The van der Waals surface area contributed by atoms with E-state index >= 15 is 0 Å². The smallest absolute Gasteiger partial charge is 0.254 e. The summed E-state index contributed by atoms with van der Waals surface area (Å²) in [7, 11) is 0. The lowest BCUT2D eigenvalue weighted by Crippen LogP contribution is -2.30. The maximum atomic E-state index is 13.4. The van der Waals surface area contributed by atoms with Crippen LogP contribution in [0.4, 0.5) is 0 Å². The van der Waals surface area contributed by atoms with Crippen LogP contribution < -0.4 is 0 Å². The largest absolute Gasteiger partial charge is 0.330 e. The van der Waals surface area contributed by atoms with Gasteiger partial charge in [0.1, 0.15) is 0 Å². The van der Waals surface area contributed by atoms with Gasteiger partial charge in [0.2, 0.25) is 0 Å². The van der Waals surface area contributed by atoms with Gasteiger partial charge < -0.3 is 4.90 Å². The molecule has 0 unspecified atom stereocenters. The van der Waals surface area contributed by atoms with Crippen molar-refractivity contribution in [1.29, 1.82) is 0 Å². The number of hydrogen-bond acceptors (Lipinski definition) is 2. The maximum Gasteiger partial charge on any atom is 0.254 e. The van der Waals surface area contributed by atoms with Crippen molar-refractivity contribution in [3.63, 3.8) is 0 Å². The normalized spacial score (nSPS) is 10.8. The number of nitrogens with zero attached hydrogens (tertiary/aromatic N) is 3. The molecule has 0 radical (unpaired) electrons. The lowest BCUT2D eigenvalue weighted by molar-refractivity contribution is 0.0730. The number of hydrogen-bond donors (Lipinski definition) is 0. The van der Waals surface area contributed by atoms with Crippen LogP contribution in [0.5, 0.6) is 0 Å². The number of aryl methyl sites for hydroxylation is 2. The van der Waals surface area contributed by atoms with Crippen molar-refractivity contribution >= 4 is 5.91 Å². The number of aromatic nitrogens is 2. The molecule has 4 aromatic rings. The van der Waals surface area contributed by atoms with Crippen LogP contribution in [-0.2, 0) is 19.6 Å². The molecule has 31 heavy (non-hydrogen) atoms. The second-order valence-electron chi connectivity index (χ2n) is 7.91. The zero-order chi connectivity index (χ0) is 21.6. The van der Waals surface area contributed by atoms with Crippen molar-refractivity contribution in [3.8, 4) is 0 Å². The van der Waals surface area contributed by atoms with Crippen LogP contribution in [0.25, 0.3) is 0 Å². The van der Waals surface area contributed by atoms with Gasteiger partial charge in [0.25, 0.3) is 5.91 Å². The van der Waals surface area contributed by atoms with Crippen molar-refractivity contribution in [1.82, 2.24) is 14.7 Å². The zero-order valence-electron chi connectivity index (χ0n) is 18.0. The van der Waals surface area contributed by atoms with Gasteiger partial charge in [-0.1, -0.05) is 72.8 Å². The Morgan fingerprint density at radius 1 is 0.774 bits per heavy atom. The minimum absolute atomic E-state index is 0.0328. The predicted molar refractivity (Wildman–Crippen MR) is 124 cm³/mol. The third-order valence-electron chi connectivity index (χ3n) is 5.36. The van der Waals surface area contributed by atoms with Gasteiger partial charge >= 0.3 is 0 Å². The van der Waals surface area contributed by atoms with Crippen LogP contribution in [0.2, 0.25) is 0 Å². The van der Waals surface area contributed by atoms with E-state index in [2.05, 4.69) is 42.4 Å². The van der Waals surface area contributed by atoms with Gasteiger partial charge in [-0.25, -0.2) is 0 Å². The van der Waals surface area contributed by atoms with E-state index in [1.807, 2.05) is 77.2 Å². The van der Waals surface area contributed by atoms with E-state index in [-0.39, 0.29) is 5.91 Å². The van der Waals surface area contributed by atoms with Crippen molar-refractivity contribution in [3.05, 3.63) is 125 Å². The van der Waals surface area contributed by atoms with Gasteiger partial charge in [-0.3, -0.25) is 9.48 Å². The van der Waals surface area contributed by atoms with Gasteiger partial charge in [-0.15, -0.1) is 0 Å². The van der Waals surface area contributed by atoms with Crippen molar-refractivity contribution in [2.45, 2.75) is 33.5 Å². The maximum absolute atomic E-state index is 13.4. The Hall–Kier alpha value is -3.66. The van der Waals surface area contributed by atoms with E-state index < -0.39 is 0 Å². The summed E-state index contributed by atoms with van der Waals surface area (Å²) in [6.45, 7) is 5.90. The Balaban J connectivity index is 1.53. The molecule has 1 heterocycles.